The van der Waals surface area contributed by atoms with Crippen molar-refractivity contribution in [2.75, 3.05) is 0 Å². The van der Waals surface area contributed by atoms with Crippen LogP contribution < -0.4 is 0 Å². The van der Waals surface area contributed by atoms with Crippen LogP contribution in [0.4, 0.5) is 8.78 Å². The van der Waals surface area contributed by atoms with Crippen LogP contribution in [0.5, 0.6) is 0 Å². The molecule has 0 radical (unpaired) electrons. The fraction of sp³-hybridized carbons (Fsp3) is 0.250. The lowest BCUT2D eigenvalue weighted by atomic mass is 10.1. The molecule has 0 aliphatic carbocycles. The first kappa shape index (κ1) is 21.1. The fourth-order valence-corrected chi connectivity index (χ4v) is 4.72. The molecule has 0 spiro atoms. The quantitative estimate of drug-likeness (QED) is 0.487. The van der Waals surface area contributed by atoms with E-state index in [0.29, 0.717) is 27.7 Å². The standard InChI is InChI=1S/C20H18Cl2F2N2OS/c1-11(2)26-20(28-15-8-13(21)7-14(22)9-15)16(19(10-27)25-26)5-12-3-4-17(23)18(24)6-12/h3-4,6-9,11,27H,5,10H2,1-2H3. The highest BCUT2D eigenvalue weighted by Gasteiger charge is 2.21. The maximum atomic E-state index is 13.7. The molecular weight excluding hydrogens is 425 g/mol. The first-order chi connectivity index (χ1) is 13.3. The second-order valence-electron chi connectivity index (χ2n) is 6.56. The number of nitrogens with zero attached hydrogens (tertiary/aromatic N) is 2. The number of aromatic nitrogens is 2. The highest BCUT2D eigenvalue weighted by atomic mass is 35.5. The van der Waals surface area contributed by atoms with Gasteiger partial charge in [0.25, 0.3) is 0 Å². The van der Waals surface area contributed by atoms with Crippen LogP contribution in [0.3, 0.4) is 0 Å². The van der Waals surface area contributed by atoms with Gasteiger partial charge in [-0.15, -0.1) is 0 Å². The number of hydrogen-bond acceptors (Lipinski definition) is 3. The van der Waals surface area contributed by atoms with E-state index in [1.165, 1.54) is 17.8 Å². The molecule has 0 saturated heterocycles. The molecule has 2 aromatic carbocycles. The molecule has 0 aliphatic heterocycles. The summed E-state index contributed by atoms with van der Waals surface area (Å²) in [6.07, 6.45) is 0.302. The summed E-state index contributed by atoms with van der Waals surface area (Å²) in [6, 6.07) is 9.03. The van der Waals surface area contributed by atoms with Gasteiger partial charge in [0, 0.05) is 33.0 Å². The van der Waals surface area contributed by atoms with Crippen molar-refractivity contribution in [3.05, 3.63) is 74.9 Å². The van der Waals surface area contributed by atoms with E-state index < -0.39 is 11.6 Å². The van der Waals surface area contributed by atoms with E-state index >= 15 is 0 Å². The van der Waals surface area contributed by atoms with Crippen LogP contribution in [-0.2, 0) is 13.0 Å². The van der Waals surface area contributed by atoms with Gasteiger partial charge >= 0.3 is 0 Å². The van der Waals surface area contributed by atoms with Crippen molar-refractivity contribution >= 4 is 35.0 Å². The summed E-state index contributed by atoms with van der Waals surface area (Å²) in [5.41, 5.74) is 1.83. The van der Waals surface area contributed by atoms with Gasteiger partial charge in [0.15, 0.2) is 11.6 Å². The maximum absolute atomic E-state index is 13.7. The Morgan fingerprint density at radius 1 is 1.07 bits per heavy atom. The first-order valence-electron chi connectivity index (χ1n) is 8.57. The molecule has 0 unspecified atom stereocenters. The van der Waals surface area contributed by atoms with E-state index in [2.05, 4.69) is 5.10 Å². The molecule has 0 amide bonds. The molecule has 0 fully saturated rings. The van der Waals surface area contributed by atoms with E-state index in [4.69, 9.17) is 23.2 Å². The van der Waals surface area contributed by atoms with Crippen LogP contribution in [-0.4, -0.2) is 14.9 Å². The van der Waals surface area contributed by atoms with Crippen LogP contribution in [0.25, 0.3) is 0 Å². The zero-order valence-corrected chi connectivity index (χ0v) is 17.5. The Kier molecular flexibility index (Phi) is 6.65. The third-order valence-electron chi connectivity index (χ3n) is 4.10. The van der Waals surface area contributed by atoms with E-state index in [9.17, 15) is 13.9 Å². The molecule has 1 heterocycles. The third-order valence-corrected chi connectivity index (χ3v) is 5.63. The zero-order chi connectivity index (χ0) is 20.4. The highest BCUT2D eigenvalue weighted by Crippen LogP contribution is 2.37. The SMILES string of the molecule is CC(C)n1nc(CO)c(Cc2ccc(F)c(F)c2)c1Sc1cc(Cl)cc(Cl)c1. The van der Waals surface area contributed by atoms with Crippen LogP contribution in [0.2, 0.25) is 10.0 Å². The smallest absolute Gasteiger partial charge is 0.159 e. The Morgan fingerprint density at radius 3 is 2.32 bits per heavy atom. The lowest BCUT2D eigenvalue weighted by Gasteiger charge is -2.13. The van der Waals surface area contributed by atoms with Crippen LogP contribution in [0, 0.1) is 11.6 Å². The summed E-state index contributed by atoms with van der Waals surface area (Å²) in [7, 11) is 0. The number of aliphatic hydroxyl groups excluding tert-OH is 1. The first-order valence-corrected chi connectivity index (χ1v) is 10.1. The number of rotatable bonds is 6. The van der Waals surface area contributed by atoms with Gasteiger partial charge in [-0.05, 0) is 49.7 Å². The van der Waals surface area contributed by atoms with Gasteiger partial charge in [-0.25, -0.2) is 8.78 Å². The largest absolute Gasteiger partial charge is 0.390 e. The molecule has 0 atom stereocenters. The molecule has 0 saturated carbocycles. The molecule has 3 aromatic rings. The average molecular weight is 443 g/mol. The van der Waals surface area contributed by atoms with E-state index in [-0.39, 0.29) is 12.6 Å². The van der Waals surface area contributed by atoms with Gasteiger partial charge < -0.3 is 5.11 Å². The number of hydrogen-bond donors (Lipinski definition) is 1. The molecule has 0 bridgehead atoms. The Hall–Kier alpha value is -1.60. The van der Waals surface area contributed by atoms with Gasteiger partial charge in [0.05, 0.1) is 12.3 Å². The Morgan fingerprint density at radius 2 is 1.75 bits per heavy atom. The Bertz CT molecular complexity index is 988. The minimum Gasteiger partial charge on any atom is -0.390 e. The van der Waals surface area contributed by atoms with E-state index in [1.807, 2.05) is 13.8 Å². The van der Waals surface area contributed by atoms with Crippen LogP contribution in [0.15, 0.2) is 46.3 Å². The monoisotopic (exact) mass is 442 g/mol. The average Bonchev–Trinajstić information content (AvgIpc) is 2.95. The van der Waals surface area contributed by atoms with Gasteiger partial charge in [-0.3, -0.25) is 4.68 Å². The van der Waals surface area contributed by atoms with Gasteiger partial charge in [-0.2, -0.15) is 5.10 Å². The van der Waals surface area contributed by atoms with Gasteiger partial charge in [0.1, 0.15) is 5.03 Å². The molecule has 8 heteroatoms. The molecule has 1 N–H and O–H groups in total. The van der Waals surface area contributed by atoms with Crippen LogP contribution >= 0.6 is 35.0 Å². The highest BCUT2D eigenvalue weighted by molar-refractivity contribution is 7.99. The van der Waals surface area contributed by atoms with Crippen molar-refractivity contribution in [3.63, 3.8) is 0 Å². The minimum absolute atomic E-state index is 0.0289. The predicted octanol–water partition coefficient (Wildman–Crippen LogP) is 6.28. The summed E-state index contributed by atoms with van der Waals surface area (Å²) in [5, 5.41) is 16.1. The van der Waals surface area contributed by atoms with Gasteiger partial charge in [-0.1, -0.05) is 41.0 Å². The predicted molar refractivity (Wildman–Crippen MR) is 108 cm³/mol. The van der Waals surface area contributed by atoms with Crippen molar-refractivity contribution in [1.29, 1.82) is 0 Å². The minimum atomic E-state index is -0.907. The second kappa shape index (κ2) is 8.82. The normalized spacial score (nSPS) is 11.4. The fourth-order valence-electron chi connectivity index (χ4n) is 2.81. The lowest BCUT2D eigenvalue weighted by molar-refractivity contribution is 0.273. The van der Waals surface area contributed by atoms with Crippen LogP contribution in [0.1, 0.15) is 36.7 Å². The maximum Gasteiger partial charge on any atom is 0.159 e. The summed E-state index contributed by atoms with van der Waals surface area (Å²) in [4.78, 5) is 0.815. The summed E-state index contributed by atoms with van der Waals surface area (Å²) in [5.74, 6) is -1.80. The van der Waals surface area contributed by atoms with Crippen molar-refractivity contribution in [3.8, 4) is 0 Å². The topological polar surface area (TPSA) is 38.0 Å². The summed E-state index contributed by atoms with van der Waals surface area (Å²) >= 11 is 13.6. The van der Waals surface area contributed by atoms with Crippen molar-refractivity contribution in [2.24, 2.45) is 0 Å². The number of benzene rings is 2. The summed E-state index contributed by atoms with van der Waals surface area (Å²) in [6.45, 7) is 3.69. The van der Waals surface area contributed by atoms with Gasteiger partial charge in [0.2, 0.25) is 0 Å². The van der Waals surface area contributed by atoms with E-state index in [0.717, 1.165) is 27.6 Å². The molecule has 0 aliphatic rings. The molecule has 148 valence electrons. The van der Waals surface area contributed by atoms with Crippen molar-refractivity contribution in [2.45, 2.75) is 42.8 Å². The second-order valence-corrected chi connectivity index (χ2v) is 8.49. The molecular formula is C20H18Cl2F2N2OS. The third kappa shape index (κ3) is 4.69. The Labute approximate surface area is 176 Å². The molecule has 1 aromatic heterocycles. The number of halogens is 4. The zero-order valence-electron chi connectivity index (χ0n) is 15.2. The molecule has 28 heavy (non-hydrogen) atoms. The lowest BCUT2D eigenvalue weighted by Crippen LogP contribution is -2.05. The number of aliphatic hydroxyl groups is 1. The Balaban J connectivity index is 2.07. The van der Waals surface area contributed by atoms with Crippen molar-refractivity contribution in [1.82, 2.24) is 9.78 Å². The van der Waals surface area contributed by atoms with Crippen molar-refractivity contribution < 1.29 is 13.9 Å². The molecule has 3 nitrogen and oxygen atoms in total. The van der Waals surface area contributed by atoms with E-state index in [1.54, 1.807) is 22.9 Å². The molecule has 3 rings (SSSR count). The summed E-state index contributed by atoms with van der Waals surface area (Å²) < 4.78 is 28.7.